The molecule has 0 unspecified atom stereocenters. The first-order valence-electron chi connectivity index (χ1n) is 7.21. The molecule has 0 aromatic heterocycles. The molecule has 0 spiro atoms. The van der Waals surface area contributed by atoms with Crippen LogP contribution >= 0.6 is 0 Å². The molecule has 0 aliphatic rings. The molecule has 1 rings (SSSR count). The molecule has 0 fully saturated rings. The number of aryl methyl sites for hydroxylation is 1. The third-order valence-electron chi connectivity index (χ3n) is 4.19. The Morgan fingerprint density at radius 2 is 1.42 bits per heavy atom. The summed E-state index contributed by atoms with van der Waals surface area (Å²) in [5.41, 5.74) is 2.39. The summed E-state index contributed by atoms with van der Waals surface area (Å²) in [6.45, 7) is 15.4. The fourth-order valence-electron chi connectivity index (χ4n) is 3.26. The van der Waals surface area contributed by atoms with Crippen LogP contribution in [-0.4, -0.2) is 13.4 Å². The van der Waals surface area contributed by atoms with E-state index in [0.29, 0.717) is 28.1 Å². The van der Waals surface area contributed by atoms with Gasteiger partial charge in [-0.3, -0.25) is 0 Å². The van der Waals surface area contributed by atoms with Crippen LogP contribution in [0.1, 0.15) is 47.1 Å². The first-order chi connectivity index (χ1) is 8.73. The molecule has 2 nitrogen and oxygen atoms in total. The molecule has 0 aliphatic heterocycles. The van der Waals surface area contributed by atoms with E-state index in [1.165, 1.54) is 0 Å². The molecule has 0 bridgehead atoms. The lowest BCUT2D eigenvalue weighted by Crippen LogP contribution is -2.50. The molecule has 108 valence electrons. The van der Waals surface area contributed by atoms with Gasteiger partial charge in [0, 0.05) is 0 Å². The summed E-state index contributed by atoms with van der Waals surface area (Å²) in [7, 11) is -1.98. The predicted molar refractivity (Wildman–Crippen MR) is 84.5 cm³/mol. The number of benzene rings is 1. The van der Waals surface area contributed by atoms with Crippen LogP contribution in [0.2, 0.25) is 16.6 Å². The molecule has 3 heteroatoms. The number of rotatable bonds is 5. The SMILES string of the molecule is Cc1cccc(O[Si](C(C)C)(C(C)C)C(C)C)c1O. The molecular formula is C16H28O2Si. The fraction of sp³-hybridized carbons (Fsp3) is 0.625. The van der Waals surface area contributed by atoms with Crippen LogP contribution in [0.4, 0.5) is 0 Å². The largest absolute Gasteiger partial charge is 0.540 e. The van der Waals surface area contributed by atoms with Gasteiger partial charge in [0.05, 0.1) is 0 Å². The molecular weight excluding hydrogens is 252 g/mol. The van der Waals surface area contributed by atoms with E-state index in [9.17, 15) is 5.11 Å². The number of para-hydroxylation sites is 1. The van der Waals surface area contributed by atoms with Gasteiger partial charge in [0.15, 0.2) is 5.75 Å². The molecule has 0 saturated carbocycles. The lowest BCUT2D eigenvalue weighted by Gasteiger charge is -2.42. The second-order valence-corrected chi connectivity index (χ2v) is 11.7. The molecule has 1 N–H and O–H groups in total. The second-order valence-electron chi connectivity index (χ2n) is 6.34. The van der Waals surface area contributed by atoms with E-state index < -0.39 is 8.32 Å². The van der Waals surface area contributed by atoms with E-state index in [2.05, 4.69) is 41.5 Å². The zero-order valence-corrected chi connectivity index (χ0v) is 14.3. The molecule has 0 saturated heterocycles. The van der Waals surface area contributed by atoms with Crippen molar-refractivity contribution in [1.29, 1.82) is 0 Å². The quantitative estimate of drug-likeness (QED) is 0.746. The fourth-order valence-corrected chi connectivity index (χ4v) is 8.51. The molecule has 0 heterocycles. The third kappa shape index (κ3) is 2.97. The van der Waals surface area contributed by atoms with Gasteiger partial charge in [0.1, 0.15) is 5.75 Å². The van der Waals surface area contributed by atoms with Crippen molar-refractivity contribution in [3.8, 4) is 11.5 Å². The monoisotopic (exact) mass is 280 g/mol. The average molecular weight is 280 g/mol. The van der Waals surface area contributed by atoms with Crippen molar-refractivity contribution in [3.05, 3.63) is 23.8 Å². The molecule has 0 aliphatic carbocycles. The van der Waals surface area contributed by atoms with E-state index in [1.54, 1.807) is 0 Å². The average Bonchev–Trinajstić information content (AvgIpc) is 2.29. The minimum absolute atomic E-state index is 0.293. The molecule has 0 radical (unpaired) electrons. The highest BCUT2D eigenvalue weighted by molar-refractivity contribution is 6.78. The first kappa shape index (κ1) is 16.1. The van der Waals surface area contributed by atoms with Crippen LogP contribution in [0.15, 0.2) is 18.2 Å². The van der Waals surface area contributed by atoms with Crippen molar-refractivity contribution < 1.29 is 9.53 Å². The maximum atomic E-state index is 10.2. The molecule has 19 heavy (non-hydrogen) atoms. The summed E-state index contributed by atoms with van der Waals surface area (Å²) >= 11 is 0. The Kier molecular flexibility index (Phi) is 5.08. The first-order valence-corrected chi connectivity index (χ1v) is 9.35. The number of aromatic hydroxyl groups is 1. The zero-order chi connectivity index (χ0) is 14.8. The van der Waals surface area contributed by atoms with E-state index in [4.69, 9.17) is 4.43 Å². The van der Waals surface area contributed by atoms with Crippen LogP contribution in [0.5, 0.6) is 11.5 Å². The van der Waals surface area contributed by atoms with Gasteiger partial charge in [-0.05, 0) is 35.2 Å². The molecule has 0 atom stereocenters. The molecule has 1 aromatic carbocycles. The van der Waals surface area contributed by atoms with Gasteiger partial charge < -0.3 is 9.53 Å². The van der Waals surface area contributed by atoms with Gasteiger partial charge in [0.2, 0.25) is 0 Å². The van der Waals surface area contributed by atoms with E-state index in [1.807, 2.05) is 25.1 Å². The summed E-state index contributed by atoms with van der Waals surface area (Å²) in [5, 5.41) is 10.2. The Balaban J connectivity index is 3.25. The van der Waals surface area contributed by atoms with E-state index in [0.717, 1.165) is 5.56 Å². The second kappa shape index (κ2) is 5.99. The smallest absolute Gasteiger partial charge is 0.258 e. The number of hydrogen-bond acceptors (Lipinski definition) is 2. The number of phenols is 1. The van der Waals surface area contributed by atoms with Gasteiger partial charge >= 0.3 is 0 Å². The Hall–Kier alpha value is -0.963. The van der Waals surface area contributed by atoms with Gasteiger partial charge in [-0.1, -0.05) is 53.7 Å². The lowest BCUT2D eigenvalue weighted by molar-refractivity contribution is 0.413. The van der Waals surface area contributed by atoms with Crippen molar-refractivity contribution in [1.82, 2.24) is 0 Å². The van der Waals surface area contributed by atoms with Crippen molar-refractivity contribution in [2.24, 2.45) is 0 Å². The highest BCUT2D eigenvalue weighted by Gasteiger charge is 2.47. The summed E-state index contributed by atoms with van der Waals surface area (Å²) < 4.78 is 6.49. The van der Waals surface area contributed by atoms with Crippen molar-refractivity contribution in [2.45, 2.75) is 65.1 Å². The maximum Gasteiger partial charge on any atom is 0.258 e. The molecule has 1 aromatic rings. The standard InChI is InChI=1S/C16H28O2Si/c1-11(2)19(12(3)4,13(5)6)18-15-10-8-9-14(7)16(15)17/h8-13,17H,1-7H3. The van der Waals surface area contributed by atoms with Gasteiger partial charge in [-0.15, -0.1) is 0 Å². The van der Waals surface area contributed by atoms with Crippen LogP contribution in [0.3, 0.4) is 0 Å². The van der Waals surface area contributed by atoms with Crippen LogP contribution < -0.4 is 4.43 Å². The number of phenolic OH excluding ortho intramolecular Hbond substituents is 1. The van der Waals surface area contributed by atoms with Crippen LogP contribution in [-0.2, 0) is 0 Å². The highest BCUT2D eigenvalue weighted by atomic mass is 28.4. The predicted octanol–water partition coefficient (Wildman–Crippen LogP) is 5.25. The summed E-state index contributed by atoms with van der Waals surface area (Å²) in [4.78, 5) is 0. The summed E-state index contributed by atoms with van der Waals surface area (Å²) in [5.74, 6) is 0.948. The maximum absolute atomic E-state index is 10.2. The Labute approximate surface area is 118 Å². The van der Waals surface area contributed by atoms with Gasteiger partial charge in [-0.25, -0.2) is 0 Å². The van der Waals surface area contributed by atoms with Gasteiger partial charge in [0.25, 0.3) is 8.32 Å². The Morgan fingerprint density at radius 3 is 1.84 bits per heavy atom. The lowest BCUT2D eigenvalue weighted by atomic mass is 10.2. The van der Waals surface area contributed by atoms with Gasteiger partial charge in [-0.2, -0.15) is 0 Å². The van der Waals surface area contributed by atoms with Crippen LogP contribution in [0, 0.1) is 6.92 Å². The molecule has 0 amide bonds. The normalized spacial score (nSPS) is 12.5. The minimum Gasteiger partial charge on any atom is -0.540 e. The summed E-state index contributed by atoms with van der Waals surface area (Å²) in [6, 6.07) is 5.74. The topological polar surface area (TPSA) is 29.5 Å². The zero-order valence-electron chi connectivity index (χ0n) is 13.3. The van der Waals surface area contributed by atoms with E-state index >= 15 is 0 Å². The van der Waals surface area contributed by atoms with Crippen molar-refractivity contribution in [3.63, 3.8) is 0 Å². The number of hydrogen-bond donors (Lipinski definition) is 1. The minimum atomic E-state index is -1.98. The Morgan fingerprint density at radius 1 is 0.947 bits per heavy atom. The Bertz CT molecular complexity index is 403. The van der Waals surface area contributed by atoms with E-state index in [-0.39, 0.29) is 0 Å². The third-order valence-corrected chi connectivity index (χ3v) is 10.2. The van der Waals surface area contributed by atoms with Crippen molar-refractivity contribution in [2.75, 3.05) is 0 Å². The summed E-state index contributed by atoms with van der Waals surface area (Å²) in [6.07, 6.45) is 0. The van der Waals surface area contributed by atoms with Crippen molar-refractivity contribution >= 4 is 8.32 Å². The highest BCUT2D eigenvalue weighted by Crippen LogP contribution is 2.44. The van der Waals surface area contributed by atoms with Crippen LogP contribution in [0.25, 0.3) is 0 Å².